The highest BCUT2D eigenvalue weighted by Crippen LogP contribution is 2.56. The number of nitrogens with zero attached hydrogens (tertiary/aromatic N) is 1. The molecule has 1 amide bonds. The van der Waals surface area contributed by atoms with E-state index in [4.69, 9.17) is 9.47 Å². The van der Waals surface area contributed by atoms with E-state index in [0.29, 0.717) is 25.3 Å². The SMILES string of the molecule is CCOC1CC(N(C)C(=O)C2CNCCO2)C12CCCC2. The lowest BCUT2D eigenvalue weighted by Crippen LogP contribution is -2.65. The van der Waals surface area contributed by atoms with E-state index in [2.05, 4.69) is 12.2 Å². The van der Waals surface area contributed by atoms with E-state index in [-0.39, 0.29) is 17.4 Å². The molecular formula is C16H28N2O3. The van der Waals surface area contributed by atoms with Crippen molar-refractivity contribution < 1.29 is 14.3 Å². The summed E-state index contributed by atoms with van der Waals surface area (Å²) in [4.78, 5) is 14.6. The van der Waals surface area contributed by atoms with Gasteiger partial charge in [0.25, 0.3) is 5.91 Å². The van der Waals surface area contributed by atoms with Crippen molar-refractivity contribution in [3.8, 4) is 0 Å². The Morgan fingerprint density at radius 1 is 1.43 bits per heavy atom. The third-order valence-electron chi connectivity index (χ3n) is 5.66. The number of amides is 1. The number of nitrogens with one attached hydrogen (secondary N) is 1. The van der Waals surface area contributed by atoms with Crippen molar-refractivity contribution in [2.75, 3.05) is 33.4 Å². The summed E-state index contributed by atoms with van der Waals surface area (Å²) in [5.74, 6) is 0.133. The van der Waals surface area contributed by atoms with Crippen molar-refractivity contribution in [3.63, 3.8) is 0 Å². The van der Waals surface area contributed by atoms with Gasteiger partial charge in [-0.2, -0.15) is 0 Å². The summed E-state index contributed by atoms with van der Waals surface area (Å²) in [5, 5.41) is 3.24. The predicted molar refractivity (Wildman–Crippen MR) is 80.1 cm³/mol. The van der Waals surface area contributed by atoms with E-state index in [1.165, 1.54) is 25.7 Å². The molecule has 0 aromatic rings. The van der Waals surface area contributed by atoms with Gasteiger partial charge in [-0.25, -0.2) is 0 Å². The molecule has 5 nitrogen and oxygen atoms in total. The van der Waals surface area contributed by atoms with Gasteiger partial charge < -0.3 is 19.7 Å². The standard InChI is InChI=1S/C16H28N2O3/c1-3-20-14-10-13(16(14)6-4-5-7-16)18(2)15(19)12-11-17-8-9-21-12/h12-14,17H,3-11H2,1-2H3. The maximum atomic E-state index is 12.7. The summed E-state index contributed by atoms with van der Waals surface area (Å²) >= 11 is 0. The maximum absolute atomic E-state index is 12.7. The van der Waals surface area contributed by atoms with Gasteiger partial charge in [-0.3, -0.25) is 4.79 Å². The molecule has 1 spiro atoms. The molecule has 21 heavy (non-hydrogen) atoms. The van der Waals surface area contributed by atoms with E-state index < -0.39 is 0 Å². The number of carbonyl (C=O) groups is 1. The number of ether oxygens (including phenoxy) is 2. The minimum atomic E-state index is -0.312. The molecule has 3 rings (SSSR count). The first-order valence-electron chi connectivity index (χ1n) is 8.39. The van der Waals surface area contributed by atoms with Crippen LogP contribution in [-0.2, 0) is 14.3 Å². The number of carbonyl (C=O) groups excluding carboxylic acids is 1. The number of likely N-dealkylation sites (N-methyl/N-ethyl adjacent to an activating group) is 1. The van der Waals surface area contributed by atoms with Crippen molar-refractivity contribution in [1.82, 2.24) is 10.2 Å². The monoisotopic (exact) mass is 296 g/mol. The Labute approximate surface area is 127 Å². The molecule has 3 fully saturated rings. The average molecular weight is 296 g/mol. The first-order chi connectivity index (χ1) is 10.2. The van der Waals surface area contributed by atoms with Crippen molar-refractivity contribution >= 4 is 5.91 Å². The molecule has 0 bridgehead atoms. The van der Waals surface area contributed by atoms with Crippen LogP contribution in [0.1, 0.15) is 39.0 Å². The Hall–Kier alpha value is -0.650. The van der Waals surface area contributed by atoms with Gasteiger partial charge in [0, 0.05) is 38.2 Å². The second-order valence-corrected chi connectivity index (χ2v) is 6.65. The molecule has 0 radical (unpaired) electrons. The maximum Gasteiger partial charge on any atom is 0.253 e. The highest BCUT2D eigenvalue weighted by Gasteiger charge is 2.59. The molecule has 120 valence electrons. The van der Waals surface area contributed by atoms with Gasteiger partial charge in [0.2, 0.25) is 0 Å². The lowest BCUT2D eigenvalue weighted by Gasteiger charge is -2.57. The topological polar surface area (TPSA) is 50.8 Å². The summed E-state index contributed by atoms with van der Waals surface area (Å²) in [7, 11) is 1.95. The molecule has 3 atom stereocenters. The van der Waals surface area contributed by atoms with Crippen LogP contribution in [0.15, 0.2) is 0 Å². The van der Waals surface area contributed by atoms with Gasteiger partial charge in [-0.1, -0.05) is 12.8 Å². The molecule has 2 saturated carbocycles. The van der Waals surface area contributed by atoms with Crippen molar-refractivity contribution in [2.45, 2.75) is 57.3 Å². The summed E-state index contributed by atoms with van der Waals surface area (Å²) in [6.07, 6.45) is 5.95. The van der Waals surface area contributed by atoms with E-state index in [1.54, 1.807) is 0 Å². The molecule has 3 aliphatic rings. The summed E-state index contributed by atoms with van der Waals surface area (Å²) in [6, 6.07) is 0.328. The Morgan fingerprint density at radius 3 is 2.81 bits per heavy atom. The second-order valence-electron chi connectivity index (χ2n) is 6.65. The van der Waals surface area contributed by atoms with Gasteiger partial charge in [-0.05, 0) is 26.2 Å². The van der Waals surface area contributed by atoms with Crippen molar-refractivity contribution in [3.05, 3.63) is 0 Å². The Kier molecular flexibility index (Phi) is 4.52. The fraction of sp³-hybridized carbons (Fsp3) is 0.938. The molecule has 1 heterocycles. The van der Waals surface area contributed by atoms with E-state index in [0.717, 1.165) is 19.6 Å². The van der Waals surface area contributed by atoms with Crippen LogP contribution in [0.25, 0.3) is 0 Å². The Morgan fingerprint density at radius 2 is 2.19 bits per heavy atom. The van der Waals surface area contributed by atoms with Gasteiger partial charge >= 0.3 is 0 Å². The molecule has 0 aromatic carbocycles. The van der Waals surface area contributed by atoms with Crippen molar-refractivity contribution in [1.29, 1.82) is 0 Å². The van der Waals surface area contributed by atoms with Crippen LogP contribution in [0.4, 0.5) is 0 Å². The minimum absolute atomic E-state index is 0.133. The minimum Gasteiger partial charge on any atom is -0.378 e. The molecule has 1 aliphatic heterocycles. The van der Waals surface area contributed by atoms with Crippen LogP contribution < -0.4 is 5.32 Å². The van der Waals surface area contributed by atoms with E-state index in [1.807, 2.05) is 11.9 Å². The number of hydrogen-bond acceptors (Lipinski definition) is 4. The zero-order chi connectivity index (χ0) is 14.9. The lowest BCUT2D eigenvalue weighted by atomic mass is 9.60. The van der Waals surface area contributed by atoms with Gasteiger partial charge in [-0.15, -0.1) is 0 Å². The normalized spacial score (nSPS) is 34.7. The largest absolute Gasteiger partial charge is 0.378 e. The van der Waals surface area contributed by atoms with Crippen LogP contribution in [0, 0.1) is 5.41 Å². The summed E-state index contributed by atoms with van der Waals surface area (Å²) in [6.45, 7) is 4.94. The molecule has 1 N–H and O–H groups in total. The first-order valence-corrected chi connectivity index (χ1v) is 8.39. The molecule has 5 heteroatoms. The Balaban J connectivity index is 1.66. The molecule has 0 aromatic heterocycles. The molecular weight excluding hydrogens is 268 g/mol. The summed E-state index contributed by atoms with van der Waals surface area (Å²) < 4.78 is 11.6. The summed E-state index contributed by atoms with van der Waals surface area (Å²) in [5.41, 5.74) is 0.211. The van der Waals surface area contributed by atoms with Crippen LogP contribution in [0.5, 0.6) is 0 Å². The van der Waals surface area contributed by atoms with E-state index in [9.17, 15) is 4.79 Å². The van der Waals surface area contributed by atoms with Crippen LogP contribution in [-0.4, -0.2) is 62.4 Å². The van der Waals surface area contributed by atoms with Crippen LogP contribution >= 0.6 is 0 Å². The molecule has 1 saturated heterocycles. The molecule has 2 aliphatic carbocycles. The molecule has 3 unspecified atom stereocenters. The van der Waals surface area contributed by atoms with Gasteiger partial charge in [0.1, 0.15) is 6.10 Å². The first kappa shape index (κ1) is 15.3. The quantitative estimate of drug-likeness (QED) is 0.846. The van der Waals surface area contributed by atoms with Crippen LogP contribution in [0.2, 0.25) is 0 Å². The third kappa shape index (κ3) is 2.60. The fourth-order valence-electron chi connectivity index (χ4n) is 4.50. The van der Waals surface area contributed by atoms with Gasteiger partial charge in [0.15, 0.2) is 0 Å². The number of rotatable bonds is 4. The van der Waals surface area contributed by atoms with Crippen molar-refractivity contribution in [2.24, 2.45) is 5.41 Å². The predicted octanol–water partition coefficient (Wildman–Crippen LogP) is 1.17. The highest BCUT2D eigenvalue weighted by atomic mass is 16.5. The van der Waals surface area contributed by atoms with Crippen LogP contribution in [0.3, 0.4) is 0 Å². The lowest BCUT2D eigenvalue weighted by molar-refractivity contribution is -0.179. The number of hydrogen-bond donors (Lipinski definition) is 1. The number of morpholine rings is 1. The Bertz CT molecular complexity index is 376. The third-order valence-corrected chi connectivity index (χ3v) is 5.66. The zero-order valence-corrected chi connectivity index (χ0v) is 13.3. The fourth-order valence-corrected chi connectivity index (χ4v) is 4.50. The second kappa shape index (κ2) is 6.23. The highest BCUT2D eigenvalue weighted by molar-refractivity contribution is 5.81. The van der Waals surface area contributed by atoms with Gasteiger partial charge in [0.05, 0.1) is 12.7 Å². The van der Waals surface area contributed by atoms with E-state index >= 15 is 0 Å². The average Bonchev–Trinajstić information content (AvgIpc) is 3.03. The zero-order valence-electron chi connectivity index (χ0n) is 13.3. The smallest absolute Gasteiger partial charge is 0.253 e.